The Kier molecular flexibility index (Phi) is 9.24. The summed E-state index contributed by atoms with van der Waals surface area (Å²) in [4.78, 5) is 60.9. The Hall–Kier alpha value is -1.07. The molecule has 0 radical (unpaired) electrons. The smallest absolute Gasteiger partial charge is 0.392 e. The number of ether oxygens (including phenoxy) is 1. The van der Waals surface area contributed by atoms with Crippen molar-refractivity contribution >= 4 is 23.5 Å². The van der Waals surface area contributed by atoms with Crippen LogP contribution in [0, 0.1) is 0 Å². The molecule has 1 heterocycles. The number of hydrogen-bond donors (Lipinski definition) is 8. The van der Waals surface area contributed by atoms with Crippen LogP contribution in [-0.4, -0.2) is 64.4 Å². The van der Waals surface area contributed by atoms with Gasteiger partial charge in [0.1, 0.15) is 6.10 Å². The second-order valence-electron chi connectivity index (χ2n) is 5.65. The van der Waals surface area contributed by atoms with E-state index >= 15 is 0 Å². The lowest BCUT2D eigenvalue weighted by Gasteiger charge is -2.38. The molecule has 1 aromatic rings. The van der Waals surface area contributed by atoms with Crippen LogP contribution in [0.3, 0.4) is 0 Å². The molecule has 18 nitrogen and oxygen atoms in total. The summed E-state index contributed by atoms with van der Waals surface area (Å²) in [5.41, 5.74) is 3.49. The average molecular weight is 515 g/mol. The Morgan fingerprint density at radius 2 is 1.74 bits per heavy atom. The summed E-state index contributed by atoms with van der Waals surface area (Å²) in [6.45, 7) is -1.13. The molecule has 0 bridgehead atoms. The van der Waals surface area contributed by atoms with Gasteiger partial charge in [-0.2, -0.15) is 8.62 Å². The van der Waals surface area contributed by atoms with Crippen molar-refractivity contribution in [1.29, 1.82) is 0 Å². The summed E-state index contributed by atoms with van der Waals surface area (Å²) in [6.07, 6.45) is -2.89. The van der Waals surface area contributed by atoms with Crippen molar-refractivity contribution in [2.75, 3.05) is 13.2 Å². The Morgan fingerprint density at radius 3 is 2.16 bits per heavy atom. The number of phosphoric ester groups is 1. The zero-order valence-electron chi connectivity index (χ0n) is 15.4. The number of nitrogens with one attached hydrogen (secondary N) is 1. The third kappa shape index (κ3) is 8.42. The van der Waals surface area contributed by atoms with Gasteiger partial charge in [0.2, 0.25) is 5.79 Å². The largest absolute Gasteiger partial charge is 0.490 e. The van der Waals surface area contributed by atoms with E-state index in [2.05, 4.69) is 13.1 Å². The number of nitrogens with zero attached hydrogens (tertiary/aromatic N) is 1. The monoisotopic (exact) mass is 515 g/mol. The van der Waals surface area contributed by atoms with Gasteiger partial charge in [-0.3, -0.25) is 14.3 Å². The molecule has 21 heteroatoms. The van der Waals surface area contributed by atoms with E-state index in [9.17, 15) is 43.3 Å². The average Bonchev–Trinajstić information content (AvgIpc) is 2.55. The number of hydrogen-bond acceptors (Lipinski definition) is 12. The predicted octanol–water partition coefficient (Wildman–Crippen LogP) is -2.58. The fourth-order valence-electron chi connectivity index (χ4n) is 2.01. The number of aliphatic hydroxyl groups is 2. The predicted molar refractivity (Wildman–Crippen MR) is 96.9 cm³/mol. The van der Waals surface area contributed by atoms with Gasteiger partial charge < -0.3 is 40.3 Å². The summed E-state index contributed by atoms with van der Waals surface area (Å²) >= 11 is 0. The highest BCUT2D eigenvalue weighted by Gasteiger charge is 2.50. The molecule has 0 saturated heterocycles. The summed E-state index contributed by atoms with van der Waals surface area (Å²) in [5.74, 6) is -2.81. The van der Waals surface area contributed by atoms with Gasteiger partial charge in [-0.05, 0) is 6.92 Å². The quantitative estimate of drug-likeness (QED) is 0.105. The number of nitrogens with two attached hydrogens (primary N) is 1. The SMILES string of the molecule is C[C@H](O)[C@](CN)(O[C@H](CO)n1ccc(=O)[nH]c1=O)OP(=O)(O)OP(=O)(O)OP(=O)(O)O. The molecule has 0 aromatic carbocycles. The van der Waals surface area contributed by atoms with Gasteiger partial charge in [0.25, 0.3) is 5.56 Å². The Labute approximate surface area is 172 Å². The zero-order valence-corrected chi connectivity index (χ0v) is 18.1. The molecule has 31 heavy (non-hydrogen) atoms. The lowest BCUT2D eigenvalue weighted by atomic mass is 10.1. The van der Waals surface area contributed by atoms with Crippen molar-refractivity contribution in [1.82, 2.24) is 9.55 Å². The summed E-state index contributed by atoms with van der Waals surface area (Å²) in [7, 11) is -17.4. The summed E-state index contributed by atoms with van der Waals surface area (Å²) < 4.78 is 51.7. The number of rotatable bonds is 12. The topological polar surface area (TPSA) is 290 Å². The van der Waals surface area contributed by atoms with Crippen LogP contribution in [0.1, 0.15) is 13.2 Å². The van der Waals surface area contributed by atoms with Gasteiger partial charge >= 0.3 is 29.2 Å². The fourth-order valence-corrected chi connectivity index (χ4v) is 5.31. The Balaban J connectivity index is 3.27. The normalized spacial score (nSPS) is 20.3. The van der Waals surface area contributed by atoms with Gasteiger partial charge in [-0.15, -0.1) is 0 Å². The molecule has 0 fully saturated rings. The van der Waals surface area contributed by atoms with E-state index in [0.717, 1.165) is 19.2 Å². The lowest BCUT2D eigenvalue weighted by Crippen LogP contribution is -2.53. The van der Waals surface area contributed by atoms with Crippen LogP contribution in [0.25, 0.3) is 0 Å². The summed E-state index contributed by atoms with van der Waals surface area (Å²) in [6, 6.07) is 0.849. The highest BCUT2D eigenvalue weighted by Crippen LogP contribution is 2.67. The van der Waals surface area contributed by atoms with Crippen LogP contribution >= 0.6 is 23.5 Å². The maximum atomic E-state index is 12.1. The lowest BCUT2D eigenvalue weighted by molar-refractivity contribution is -0.277. The molecular formula is C10H20N3O15P3. The van der Waals surface area contributed by atoms with Crippen LogP contribution in [0.4, 0.5) is 0 Å². The molecule has 1 aromatic heterocycles. The Morgan fingerprint density at radius 1 is 1.16 bits per heavy atom. The van der Waals surface area contributed by atoms with E-state index in [1.54, 1.807) is 0 Å². The number of aromatic nitrogens is 2. The molecule has 1 rings (SSSR count). The molecule has 0 aliphatic heterocycles. The molecule has 0 aliphatic carbocycles. The minimum atomic E-state index is -5.90. The van der Waals surface area contributed by atoms with Gasteiger partial charge in [0, 0.05) is 12.3 Å². The molecule has 2 unspecified atom stereocenters. The zero-order chi connectivity index (χ0) is 24.3. The van der Waals surface area contributed by atoms with E-state index < -0.39 is 66.0 Å². The maximum absolute atomic E-state index is 12.1. The highest BCUT2D eigenvalue weighted by atomic mass is 31.3. The van der Waals surface area contributed by atoms with Crippen molar-refractivity contribution in [3.8, 4) is 0 Å². The van der Waals surface area contributed by atoms with Gasteiger partial charge in [-0.1, -0.05) is 0 Å². The van der Waals surface area contributed by atoms with E-state index in [0.29, 0.717) is 4.57 Å². The van der Waals surface area contributed by atoms with Gasteiger partial charge in [0.15, 0.2) is 6.23 Å². The fraction of sp³-hybridized carbons (Fsp3) is 0.600. The van der Waals surface area contributed by atoms with Crippen molar-refractivity contribution in [2.45, 2.75) is 25.0 Å². The number of aromatic amines is 1. The van der Waals surface area contributed by atoms with Gasteiger partial charge in [0.05, 0.1) is 13.2 Å². The molecule has 0 amide bonds. The van der Waals surface area contributed by atoms with Crippen molar-refractivity contribution in [2.24, 2.45) is 5.73 Å². The van der Waals surface area contributed by atoms with E-state index in [-0.39, 0.29) is 0 Å². The number of aliphatic hydroxyl groups excluding tert-OH is 2. The van der Waals surface area contributed by atoms with E-state index in [4.69, 9.17) is 20.3 Å². The first-order chi connectivity index (χ1) is 14.0. The van der Waals surface area contributed by atoms with Gasteiger partial charge in [-0.25, -0.2) is 23.0 Å². The molecule has 9 N–H and O–H groups in total. The van der Waals surface area contributed by atoms with E-state index in [1.165, 1.54) is 0 Å². The maximum Gasteiger partial charge on any atom is 0.490 e. The summed E-state index contributed by atoms with van der Waals surface area (Å²) in [5, 5.41) is 19.5. The molecule has 0 saturated carbocycles. The van der Waals surface area contributed by atoms with Crippen LogP contribution in [0.5, 0.6) is 0 Å². The number of phosphoric acid groups is 3. The third-order valence-corrected chi connectivity index (χ3v) is 7.13. The molecule has 180 valence electrons. The van der Waals surface area contributed by atoms with Crippen LogP contribution in [0.2, 0.25) is 0 Å². The second kappa shape index (κ2) is 10.2. The highest BCUT2D eigenvalue weighted by molar-refractivity contribution is 7.66. The van der Waals surface area contributed by atoms with Crippen molar-refractivity contribution < 1.29 is 61.4 Å². The minimum absolute atomic E-state index is 0.578. The number of H-pyrrole nitrogens is 1. The van der Waals surface area contributed by atoms with Crippen LogP contribution < -0.4 is 17.0 Å². The first kappa shape index (κ1) is 28.0. The van der Waals surface area contributed by atoms with Crippen molar-refractivity contribution in [3.63, 3.8) is 0 Å². The minimum Gasteiger partial charge on any atom is -0.392 e. The van der Waals surface area contributed by atoms with Crippen LogP contribution in [0.15, 0.2) is 21.9 Å². The Bertz CT molecular complexity index is 1020. The van der Waals surface area contributed by atoms with Crippen molar-refractivity contribution in [3.05, 3.63) is 33.1 Å². The molecule has 5 atom stereocenters. The molecular weight excluding hydrogens is 495 g/mol. The first-order valence-corrected chi connectivity index (χ1v) is 12.3. The molecule has 0 spiro atoms. The standard InChI is InChI=1S/C10H20N3O15P3/c1-6(15)10(5-11,25-8(4-14)13-3-2-7(16)12-9(13)17)26-30(21,22)28-31(23,24)27-29(18,19)20/h2-3,6,8,14-15H,4-5,11H2,1H3,(H,21,22)(H,23,24)(H,12,16,17)(H2,18,19,20)/t6-,8+,10+/m0/s1. The first-order valence-electron chi connectivity index (χ1n) is 7.79. The molecule has 0 aliphatic rings. The second-order valence-corrected chi connectivity index (χ2v) is 9.99. The van der Waals surface area contributed by atoms with E-state index in [1.807, 2.05) is 4.98 Å². The third-order valence-electron chi connectivity index (χ3n) is 3.26. The van der Waals surface area contributed by atoms with Crippen LogP contribution in [-0.2, 0) is 31.6 Å².